The summed E-state index contributed by atoms with van der Waals surface area (Å²) in [6.07, 6.45) is 0.444. The number of aromatic nitrogens is 2. The van der Waals surface area contributed by atoms with Crippen molar-refractivity contribution < 1.29 is 24.2 Å². The number of benzene rings is 3. The number of fused-ring (bicyclic) bond motifs is 1. The van der Waals surface area contributed by atoms with E-state index in [1.807, 2.05) is 54.1 Å². The summed E-state index contributed by atoms with van der Waals surface area (Å²) >= 11 is 7.42. The highest BCUT2D eigenvalue weighted by atomic mass is 35.5. The second-order valence-corrected chi connectivity index (χ2v) is 11.4. The van der Waals surface area contributed by atoms with Gasteiger partial charge in [-0.05, 0) is 80.4 Å². The van der Waals surface area contributed by atoms with Crippen LogP contribution in [0.25, 0.3) is 11.0 Å². The highest BCUT2D eigenvalue weighted by Gasteiger charge is 2.43. The molecule has 2 heterocycles. The Hall–Kier alpha value is -3.69. The minimum Gasteiger partial charge on any atom is -0.507 e. The van der Waals surface area contributed by atoms with E-state index in [-0.39, 0.29) is 23.5 Å². The van der Waals surface area contributed by atoms with Gasteiger partial charge >= 0.3 is 0 Å². The van der Waals surface area contributed by atoms with Crippen LogP contribution < -0.4 is 14.8 Å². The van der Waals surface area contributed by atoms with Crippen molar-refractivity contribution in [2.24, 2.45) is 7.05 Å². The van der Waals surface area contributed by atoms with Crippen LogP contribution in [0.1, 0.15) is 29.4 Å². The number of imide groups is 1. The van der Waals surface area contributed by atoms with Gasteiger partial charge in [0.2, 0.25) is 5.91 Å². The van der Waals surface area contributed by atoms with E-state index in [1.165, 1.54) is 0 Å². The van der Waals surface area contributed by atoms with Gasteiger partial charge in [0.25, 0.3) is 5.24 Å². The second kappa shape index (κ2) is 9.89. The van der Waals surface area contributed by atoms with Gasteiger partial charge in [-0.2, -0.15) is 0 Å². The SMILES string of the molecule is Cc1cc(Oc2ccc3nc(COc4ccc(C[C@@]5(C)SC(=O)NC5=O)cc4)n(C)c3c2)c(Cl)c(C)c1O. The number of hydrogen-bond donors (Lipinski definition) is 2. The van der Waals surface area contributed by atoms with Crippen LogP contribution in [0.15, 0.2) is 48.5 Å². The van der Waals surface area contributed by atoms with Crippen molar-refractivity contribution in [2.45, 2.75) is 38.5 Å². The highest BCUT2D eigenvalue weighted by molar-refractivity contribution is 8.16. The molecule has 0 radical (unpaired) electrons. The third-order valence-electron chi connectivity index (χ3n) is 6.64. The summed E-state index contributed by atoms with van der Waals surface area (Å²) in [6, 6.07) is 14.8. The molecule has 0 spiro atoms. The van der Waals surface area contributed by atoms with E-state index in [2.05, 4.69) is 10.3 Å². The van der Waals surface area contributed by atoms with Crippen molar-refractivity contribution in [2.75, 3.05) is 0 Å². The van der Waals surface area contributed by atoms with Crippen LogP contribution in [-0.4, -0.2) is 30.6 Å². The number of imidazole rings is 1. The number of carbonyl (C=O) groups excluding carboxylic acids is 2. The van der Waals surface area contributed by atoms with Crippen molar-refractivity contribution in [3.05, 3.63) is 76.1 Å². The Bertz CT molecular complexity index is 1580. The lowest BCUT2D eigenvalue weighted by Gasteiger charge is -2.18. The Morgan fingerprint density at radius 1 is 1.11 bits per heavy atom. The zero-order chi connectivity index (χ0) is 27.2. The van der Waals surface area contributed by atoms with Crippen LogP contribution in [-0.2, 0) is 24.9 Å². The maximum Gasteiger partial charge on any atom is 0.286 e. The first kappa shape index (κ1) is 25.9. The van der Waals surface area contributed by atoms with Gasteiger partial charge in [0.15, 0.2) is 0 Å². The number of phenolic OH excluding ortho intramolecular Hbond substituents is 1. The Balaban J connectivity index is 1.28. The molecule has 2 N–H and O–H groups in total. The minimum absolute atomic E-state index is 0.162. The van der Waals surface area contributed by atoms with E-state index in [1.54, 1.807) is 26.8 Å². The number of nitrogens with zero attached hydrogens (tertiary/aromatic N) is 2. The number of halogens is 1. The first-order valence-electron chi connectivity index (χ1n) is 11.9. The van der Waals surface area contributed by atoms with E-state index in [0.717, 1.165) is 34.2 Å². The number of ether oxygens (including phenoxy) is 2. The van der Waals surface area contributed by atoms with Crippen LogP contribution in [0.5, 0.6) is 23.0 Å². The Morgan fingerprint density at radius 3 is 2.50 bits per heavy atom. The summed E-state index contributed by atoms with van der Waals surface area (Å²) in [6.45, 7) is 5.57. The Labute approximate surface area is 228 Å². The Morgan fingerprint density at radius 2 is 1.82 bits per heavy atom. The van der Waals surface area contributed by atoms with Crippen molar-refractivity contribution in [1.29, 1.82) is 0 Å². The summed E-state index contributed by atoms with van der Waals surface area (Å²) in [7, 11) is 1.91. The van der Waals surface area contributed by atoms with Crippen LogP contribution in [0.4, 0.5) is 4.79 Å². The molecule has 1 aliphatic rings. The largest absolute Gasteiger partial charge is 0.507 e. The molecule has 1 saturated heterocycles. The van der Waals surface area contributed by atoms with Crippen LogP contribution >= 0.6 is 23.4 Å². The number of aryl methyl sites for hydroxylation is 2. The van der Waals surface area contributed by atoms with E-state index in [0.29, 0.717) is 39.8 Å². The molecule has 1 aliphatic heterocycles. The molecule has 1 atom stereocenters. The summed E-state index contributed by atoms with van der Waals surface area (Å²) in [5.74, 6) is 2.37. The molecule has 1 fully saturated rings. The lowest BCUT2D eigenvalue weighted by Crippen LogP contribution is -2.35. The van der Waals surface area contributed by atoms with E-state index < -0.39 is 4.75 Å². The molecule has 0 bridgehead atoms. The smallest absolute Gasteiger partial charge is 0.286 e. The van der Waals surface area contributed by atoms with Gasteiger partial charge in [0.1, 0.15) is 40.2 Å². The van der Waals surface area contributed by atoms with Crippen LogP contribution in [0.3, 0.4) is 0 Å². The average Bonchev–Trinajstić information content (AvgIpc) is 3.33. The maximum absolute atomic E-state index is 12.1. The zero-order valence-corrected chi connectivity index (χ0v) is 22.9. The molecule has 0 aliphatic carbocycles. The number of thioether (sulfide) groups is 1. The number of aromatic hydroxyl groups is 1. The van der Waals surface area contributed by atoms with E-state index in [4.69, 9.17) is 21.1 Å². The molecule has 38 heavy (non-hydrogen) atoms. The fourth-order valence-electron chi connectivity index (χ4n) is 4.38. The molecule has 10 heteroatoms. The number of amides is 2. The third-order valence-corrected chi connectivity index (χ3v) is 8.18. The Kier molecular flexibility index (Phi) is 6.75. The van der Waals surface area contributed by atoms with Crippen molar-refractivity contribution >= 4 is 45.5 Å². The lowest BCUT2D eigenvalue weighted by molar-refractivity contribution is -0.121. The highest BCUT2D eigenvalue weighted by Crippen LogP contribution is 2.39. The summed E-state index contributed by atoms with van der Waals surface area (Å²) < 4.78 is 13.2. The number of carbonyl (C=O) groups is 2. The second-order valence-electron chi connectivity index (χ2n) is 9.50. The molecule has 8 nitrogen and oxygen atoms in total. The summed E-state index contributed by atoms with van der Waals surface area (Å²) in [4.78, 5) is 28.3. The molecule has 0 unspecified atom stereocenters. The molecular formula is C28H26ClN3O5S. The van der Waals surface area contributed by atoms with Gasteiger partial charge < -0.3 is 19.1 Å². The topological polar surface area (TPSA) is 103 Å². The number of phenols is 1. The minimum atomic E-state index is -0.805. The monoisotopic (exact) mass is 551 g/mol. The quantitative estimate of drug-likeness (QED) is 0.282. The zero-order valence-electron chi connectivity index (χ0n) is 21.3. The normalized spacial score (nSPS) is 17.2. The van der Waals surface area contributed by atoms with Crippen molar-refractivity contribution in [1.82, 2.24) is 14.9 Å². The predicted molar refractivity (Wildman–Crippen MR) is 147 cm³/mol. The van der Waals surface area contributed by atoms with Crippen molar-refractivity contribution in [3.8, 4) is 23.0 Å². The van der Waals surface area contributed by atoms with Crippen molar-refractivity contribution in [3.63, 3.8) is 0 Å². The summed E-state index contributed by atoms with van der Waals surface area (Å²) in [5.41, 5.74) is 3.86. The number of hydrogen-bond acceptors (Lipinski definition) is 7. The van der Waals surface area contributed by atoms with Gasteiger partial charge in [0.05, 0.1) is 16.1 Å². The third kappa shape index (κ3) is 4.91. The molecule has 4 aromatic rings. The molecular weight excluding hydrogens is 526 g/mol. The lowest BCUT2D eigenvalue weighted by atomic mass is 9.99. The molecule has 3 aromatic carbocycles. The molecule has 2 amide bonds. The van der Waals surface area contributed by atoms with Crippen LogP contribution in [0, 0.1) is 13.8 Å². The fourth-order valence-corrected chi connectivity index (χ4v) is 5.50. The van der Waals surface area contributed by atoms with Gasteiger partial charge in [0, 0.05) is 18.7 Å². The van der Waals surface area contributed by atoms with Crippen LogP contribution in [0.2, 0.25) is 5.02 Å². The summed E-state index contributed by atoms with van der Waals surface area (Å²) in [5, 5.41) is 12.5. The standard InChI is InChI=1S/C28H26ClN3O5S/c1-15-11-22(24(29)16(2)25(15)33)37-19-9-10-20-21(12-19)32(4)23(30-20)14-36-18-7-5-17(6-8-18)13-28(3)26(34)31-27(35)38-28/h5-12,33H,13-14H2,1-4H3,(H,31,34,35)/t28-/m1/s1. The first-order chi connectivity index (χ1) is 18.0. The fraction of sp³-hybridized carbons (Fsp3) is 0.250. The van der Waals surface area contributed by atoms with Gasteiger partial charge in [-0.3, -0.25) is 14.9 Å². The molecule has 5 rings (SSSR count). The number of nitrogens with one attached hydrogen (secondary N) is 1. The average molecular weight is 552 g/mol. The predicted octanol–water partition coefficient (Wildman–Crippen LogP) is 6.20. The molecule has 1 aromatic heterocycles. The maximum atomic E-state index is 12.1. The van der Waals surface area contributed by atoms with Gasteiger partial charge in [-0.15, -0.1) is 0 Å². The van der Waals surface area contributed by atoms with E-state index in [9.17, 15) is 14.7 Å². The first-order valence-corrected chi connectivity index (χ1v) is 13.1. The van der Waals surface area contributed by atoms with Gasteiger partial charge in [-0.1, -0.05) is 23.7 Å². The number of rotatable bonds is 7. The van der Waals surface area contributed by atoms with Gasteiger partial charge in [-0.25, -0.2) is 4.98 Å². The molecule has 0 saturated carbocycles. The van der Waals surface area contributed by atoms with E-state index >= 15 is 0 Å². The molecule has 196 valence electrons.